The molecule has 0 radical (unpaired) electrons. The highest BCUT2D eigenvalue weighted by molar-refractivity contribution is 7.99. The van der Waals surface area contributed by atoms with Gasteiger partial charge in [0.25, 0.3) is 0 Å². The average Bonchev–Trinajstić information content (AvgIpc) is 3.09. The number of piperidine rings is 1. The van der Waals surface area contributed by atoms with E-state index >= 15 is 0 Å². The second-order valence-electron chi connectivity index (χ2n) is 6.81. The first-order valence-corrected chi connectivity index (χ1v) is 10.1. The molecule has 0 aliphatic carbocycles. The van der Waals surface area contributed by atoms with E-state index in [0.717, 1.165) is 42.6 Å². The van der Waals surface area contributed by atoms with Crippen molar-refractivity contribution in [3.8, 4) is 0 Å². The molecule has 1 aromatic carbocycles. The second-order valence-corrected chi connectivity index (χ2v) is 7.80. The van der Waals surface area contributed by atoms with Crippen LogP contribution in [0.25, 0.3) is 5.65 Å². The van der Waals surface area contributed by atoms with Crippen molar-refractivity contribution in [1.29, 1.82) is 0 Å². The van der Waals surface area contributed by atoms with Gasteiger partial charge in [0.2, 0.25) is 11.9 Å². The van der Waals surface area contributed by atoms with Gasteiger partial charge in [0.15, 0.2) is 5.65 Å². The molecule has 27 heavy (non-hydrogen) atoms. The number of hydrogen-bond donors (Lipinski definition) is 1. The number of nitrogens with zero attached hydrogens (tertiary/aromatic N) is 5. The minimum atomic E-state index is 0.181. The Bertz CT molecular complexity index is 920. The number of rotatable bonds is 5. The number of para-hydroxylation sites is 1. The van der Waals surface area contributed by atoms with Gasteiger partial charge >= 0.3 is 0 Å². The lowest BCUT2D eigenvalue weighted by molar-refractivity contribution is -0.129. The number of thioether (sulfide) groups is 1. The Hall–Kier alpha value is -2.61. The largest absolute Gasteiger partial charge is 0.342 e. The van der Waals surface area contributed by atoms with Crippen LogP contribution in [0.5, 0.6) is 0 Å². The molecule has 0 unspecified atom stereocenters. The Kier molecular flexibility index (Phi) is 5.24. The summed E-state index contributed by atoms with van der Waals surface area (Å²) < 4.78 is 1.67. The van der Waals surface area contributed by atoms with Gasteiger partial charge in [0, 0.05) is 18.8 Å². The molecule has 3 aromatic rings. The standard InChI is InChI=1S/C19H22N6OS/c1-14-9-11-24(12-10-14)18(26)13-27-17-8-7-16-21-22-19(25(16)23-17)20-15-5-3-2-4-6-15/h2-8,14H,9-13H2,1H3,(H,20,22). The fourth-order valence-corrected chi connectivity index (χ4v) is 3.82. The lowest BCUT2D eigenvalue weighted by Gasteiger charge is -2.30. The summed E-state index contributed by atoms with van der Waals surface area (Å²) >= 11 is 1.45. The van der Waals surface area contributed by atoms with E-state index in [1.165, 1.54) is 11.8 Å². The van der Waals surface area contributed by atoms with Crippen LogP contribution in [0.2, 0.25) is 0 Å². The summed E-state index contributed by atoms with van der Waals surface area (Å²) in [5.41, 5.74) is 1.58. The number of likely N-dealkylation sites (tertiary alicyclic amines) is 1. The normalized spacial score (nSPS) is 15.2. The molecule has 7 nitrogen and oxygen atoms in total. The highest BCUT2D eigenvalue weighted by Crippen LogP contribution is 2.21. The van der Waals surface area contributed by atoms with Crippen molar-refractivity contribution in [2.24, 2.45) is 5.92 Å². The zero-order chi connectivity index (χ0) is 18.6. The smallest absolute Gasteiger partial charge is 0.250 e. The Balaban J connectivity index is 1.43. The van der Waals surface area contributed by atoms with Gasteiger partial charge in [-0.1, -0.05) is 36.9 Å². The summed E-state index contributed by atoms with van der Waals surface area (Å²) in [5, 5.41) is 16.9. The molecule has 0 bridgehead atoms. The highest BCUT2D eigenvalue weighted by atomic mass is 32.2. The maximum atomic E-state index is 12.4. The maximum Gasteiger partial charge on any atom is 0.250 e. The molecule has 1 fully saturated rings. The van der Waals surface area contributed by atoms with Crippen molar-refractivity contribution in [3.05, 3.63) is 42.5 Å². The minimum absolute atomic E-state index is 0.181. The van der Waals surface area contributed by atoms with Crippen molar-refractivity contribution < 1.29 is 4.79 Å². The van der Waals surface area contributed by atoms with Crippen LogP contribution in [0.3, 0.4) is 0 Å². The van der Waals surface area contributed by atoms with Crippen LogP contribution in [-0.4, -0.2) is 49.5 Å². The lowest BCUT2D eigenvalue weighted by Crippen LogP contribution is -2.38. The second kappa shape index (κ2) is 7.96. The molecular formula is C19H22N6OS. The number of carbonyl (C=O) groups excluding carboxylic acids is 1. The van der Waals surface area contributed by atoms with E-state index < -0.39 is 0 Å². The molecule has 2 aromatic heterocycles. The van der Waals surface area contributed by atoms with Crippen molar-refractivity contribution in [2.45, 2.75) is 24.8 Å². The van der Waals surface area contributed by atoms with Crippen molar-refractivity contribution in [2.75, 3.05) is 24.2 Å². The van der Waals surface area contributed by atoms with Crippen LogP contribution < -0.4 is 5.32 Å². The Morgan fingerprint density at radius 1 is 1.15 bits per heavy atom. The Labute approximate surface area is 162 Å². The van der Waals surface area contributed by atoms with E-state index in [1.54, 1.807) is 4.52 Å². The molecule has 0 atom stereocenters. The third kappa shape index (κ3) is 4.21. The zero-order valence-electron chi connectivity index (χ0n) is 15.2. The number of aromatic nitrogens is 4. The van der Waals surface area contributed by atoms with Crippen LogP contribution in [0.1, 0.15) is 19.8 Å². The van der Waals surface area contributed by atoms with Gasteiger partial charge < -0.3 is 10.2 Å². The first-order chi connectivity index (χ1) is 13.2. The summed E-state index contributed by atoms with van der Waals surface area (Å²) in [6.45, 7) is 3.98. The monoisotopic (exact) mass is 382 g/mol. The molecule has 1 amide bonds. The topological polar surface area (TPSA) is 75.4 Å². The summed E-state index contributed by atoms with van der Waals surface area (Å²) in [4.78, 5) is 14.4. The number of benzene rings is 1. The van der Waals surface area contributed by atoms with Crippen molar-refractivity contribution in [3.63, 3.8) is 0 Å². The number of amides is 1. The van der Waals surface area contributed by atoms with E-state index in [2.05, 4.69) is 27.5 Å². The molecule has 140 valence electrons. The van der Waals surface area contributed by atoms with Gasteiger partial charge in [-0.25, -0.2) is 0 Å². The van der Waals surface area contributed by atoms with Gasteiger partial charge in [-0.05, 0) is 43.0 Å². The van der Waals surface area contributed by atoms with Crippen molar-refractivity contribution >= 4 is 35.0 Å². The van der Waals surface area contributed by atoms with Crippen LogP contribution in [-0.2, 0) is 4.79 Å². The first kappa shape index (κ1) is 17.8. The summed E-state index contributed by atoms with van der Waals surface area (Å²) in [6.07, 6.45) is 2.19. The summed E-state index contributed by atoms with van der Waals surface area (Å²) in [5.74, 6) is 1.85. The van der Waals surface area contributed by atoms with Gasteiger partial charge in [-0.2, -0.15) is 9.61 Å². The number of fused-ring (bicyclic) bond motifs is 1. The van der Waals surface area contributed by atoms with E-state index in [4.69, 9.17) is 0 Å². The predicted octanol–water partition coefficient (Wildman–Crippen LogP) is 3.22. The summed E-state index contributed by atoms with van der Waals surface area (Å²) in [6, 6.07) is 13.5. The van der Waals surface area contributed by atoms with Crippen LogP contribution in [0.4, 0.5) is 11.6 Å². The van der Waals surface area contributed by atoms with Gasteiger partial charge in [0.05, 0.1) is 5.75 Å². The highest BCUT2D eigenvalue weighted by Gasteiger charge is 2.20. The van der Waals surface area contributed by atoms with Crippen LogP contribution in [0, 0.1) is 5.92 Å². The number of hydrogen-bond acceptors (Lipinski definition) is 6. The molecule has 1 saturated heterocycles. The van der Waals surface area contributed by atoms with Crippen molar-refractivity contribution in [1.82, 2.24) is 24.7 Å². The molecule has 4 rings (SSSR count). The number of nitrogens with one attached hydrogen (secondary N) is 1. The van der Waals surface area contributed by atoms with Gasteiger partial charge in [0.1, 0.15) is 5.03 Å². The van der Waals surface area contributed by atoms with E-state index in [0.29, 0.717) is 17.3 Å². The molecule has 1 N–H and O–H groups in total. The SMILES string of the molecule is CC1CCN(C(=O)CSc2ccc3nnc(Nc4ccccc4)n3n2)CC1. The van der Waals surface area contributed by atoms with Gasteiger partial charge in [-0.15, -0.1) is 10.2 Å². The zero-order valence-corrected chi connectivity index (χ0v) is 16.0. The third-order valence-electron chi connectivity index (χ3n) is 4.75. The number of anilines is 2. The van der Waals surface area contributed by atoms with E-state index in [-0.39, 0.29) is 5.91 Å². The fourth-order valence-electron chi connectivity index (χ4n) is 3.06. The molecule has 0 spiro atoms. The Morgan fingerprint density at radius 3 is 2.70 bits per heavy atom. The number of carbonyl (C=O) groups is 1. The first-order valence-electron chi connectivity index (χ1n) is 9.14. The fraction of sp³-hybridized carbons (Fsp3) is 0.368. The molecule has 3 heterocycles. The van der Waals surface area contributed by atoms with Gasteiger partial charge in [-0.3, -0.25) is 4.79 Å². The lowest BCUT2D eigenvalue weighted by atomic mass is 9.99. The quantitative estimate of drug-likeness (QED) is 0.683. The summed E-state index contributed by atoms with van der Waals surface area (Å²) in [7, 11) is 0. The molecular weight excluding hydrogens is 360 g/mol. The third-order valence-corrected chi connectivity index (χ3v) is 5.65. The minimum Gasteiger partial charge on any atom is -0.342 e. The van der Waals surface area contributed by atoms with Crippen LogP contribution >= 0.6 is 11.8 Å². The Morgan fingerprint density at radius 2 is 1.93 bits per heavy atom. The average molecular weight is 382 g/mol. The maximum absolute atomic E-state index is 12.4. The molecule has 1 aliphatic heterocycles. The molecule has 8 heteroatoms. The molecule has 1 aliphatic rings. The molecule has 0 saturated carbocycles. The van der Waals surface area contributed by atoms with E-state index in [1.807, 2.05) is 47.4 Å². The predicted molar refractivity (Wildman–Crippen MR) is 106 cm³/mol. The van der Waals surface area contributed by atoms with E-state index in [9.17, 15) is 4.79 Å². The van der Waals surface area contributed by atoms with Crippen LogP contribution in [0.15, 0.2) is 47.5 Å².